The minimum absolute atomic E-state index is 0.0366. The Bertz CT molecular complexity index is 1290. The fraction of sp³-hybridized carbons (Fsp3) is 0.448. The standard InChI is InChI=1S/C29H33NO5/c1-4-5-6-13-33-21-11-9-20(10-12-21)26-25-27(31)24-19(3)15-18(2)16-23(24)35-28(25)29(32)30(26)17-22-8-7-14-34-22/h9-12,15-16,22,26H,4-8,13-14,17H2,1-3H3. The van der Waals surface area contributed by atoms with Crippen LogP contribution in [0.25, 0.3) is 11.0 Å². The molecule has 1 aromatic heterocycles. The molecule has 184 valence electrons. The summed E-state index contributed by atoms with van der Waals surface area (Å²) in [5, 5.41) is 0.544. The van der Waals surface area contributed by atoms with Crippen molar-refractivity contribution in [3.63, 3.8) is 0 Å². The third-order valence-electron chi connectivity index (χ3n) is 7.05. The van der Waals surface area contributed by atoms with Gasteiger partial charge in [0.05, 0.1) is 29.7 Å². The second-order valence-electron chi connectivity index (χ2n) is 9.75. The molecule has 3 heterocycles. The van der Waals surface area contributed by atoms with Crippen molar-refractivity contribution in [1.82, 2.24) is 4.90 Å². The van der Waals surface area contributed by atoms with Crippen LogP contribution in [0.2, 0.25) is 0 Å². The van der Waals surface area contributed by atoms with Crippen LogP contribution < -0.4 is 10.2 Å². The van der Waals surface area contributed by atoms with Gasteiger partial charge in [-0.2, -0.15) is 0 Å². The predicted molar refractivity (Wildman–Crippen MR) is 135 cm³/mol. The summed E-state index contributed by atoms with van der Waals surface area (Å²) >= 11 is 0. The summed E-state index contributed by atoms with van der Waals surface area (Å²) in [7, 11) is 0. The highest BCUT2D eigenvalue weighted by Gasteiger charge is 2.44. The number of hydrogen-bond acceptors (Lipinski definition) is 5. The smallest absolute Gasteiger partial charge is 0.291 e. The lowest BCUT2D eigenvalue weighted by molar-refractivity contribution is 0.0486. The first-order chi connectivity index (χ1) is 17.0. The van der Waals surface area contributed by atoms with Crippen molar-refractivity contribution in [1.29, 1.82) is 0 Å². The van der Waals surface area contributed by atoms with E-state index in [9.17, 15) is 9.59 Å². The van der Waals surface area contributed by atoms with Crippen molar-refractivity contribution in [3.8, 4) is 5.75 Å². The summed E-state index contributed by atoms with van der Waals surface area (Å²) in [5.41, 5.74) is 3.47. The van der Waals surface area contributed by atoms with E-state index in [0.29, 0.717) is 36.3 Å². The molecule has 2 aliphatic heterocycles. The number of carbonyl (C=O) groups excluding carboxylic acids is 1. The summed E-state index contributed by atoms with van der Waals surface area (Å²) in [5.74, 6) is 0.686. The number of benzene rings is 2. The van der Waals surface area contributed by atoms with E-state index in [1.807, 2.05) is 50.2 Å². The monoisotopic (exact) mass is 475 g/mol. The highest BCUT2D eigenvalue weighted by atomic mass is 16.5. The Hall–Kier alpha value is -3.12. The van der Waals surface area contributed by atoms with Gasteiger partial charge >= 0.3 is 0 Å². The Morgan fingerprint density at radius 3 is 2.60 bits per heavy atom. The molecule has 0 spiro atoms. The number of amides is 1. The van der Waals surface area contributed by atoms with Gasteiger partial charge in [-0.25, -0.2) is 0 Å². The lowest BCUT2D eigenvalue weighted by Gasteiger charge is -2.27. The molecule has 0 radical (unpaired) electrons. The third kappa shape index (κ3) is 4.47. The summed E-state index contributed by atoms with van der Waals surface area (Å²) in [4.78, 5) is 29.2. The Balaban J connectivity index is 1.56. The number of nitrogens with zero attached hydrogens (tertiary/aromatic N) is 1. The van der Waals surface area contributed by atoms with Gasteiger partial charge < -0.3 is 18.8 Å². The molecule has 2 aliphatic rings. The minimum atomic E-state index is -0.516. The maximum absolute atomic E-state index is 13.8. The van der Waals surface area contributed by atoms with Crippen molar-refractivity contribution < 1.29 is 18.7 Å². The van der Waals surface area contributed by atoms with Gasteiger partial charge in [-0.15, -0.1) is 0 Å². The van der Waals surface area contributed by atoms with E-state index in [0.717, 1.165) is 54.5 Å². The zero-order chi connectivity index (χ0) is 24.5. The fourth-order valence-corrected chi connectivity index (χ4v) is 5.34. The molecular formula is C29H33NO5. The molecule has 35 heavy (non-hydrogen) atoms. The van der Waals surface area contributed by atoms with E-state index in [1.54, 1.807) is 4.90 Å². The van der Waals surface area contributed by atoms with E-state index in [2.05, 4.69) is 6.92 Å². The van der Waals surface area contributed by atoms with Gasteiger partial charge in [-0.1, -0.05) is 38.0 Å². The molecule has 2 atom stereocenters. The van der Waals surface area contributed by atoms with Gasteiger partial charge in [-0.05, 0) is 68.0 Å². The largest absolute Gasteiger partial charge is 0.494 e. The van der Waals surface area contributed by atoms with Crippen LogP contribution in [0.15, 0.2) is 45.6 Å². The highest BCUT2D eigenvalue weighted by molar-refractivity contribution is 5.99. The molecule has 6 heteroatoms. The highest BCUT2D eigenvalue weighted by Crippen LogP contribution is 2.39. The van der Waals surface area contributed by atoms with Crippen LogP contribution in [0.1, 0.15) is 77.9 Å². The van der Waals surface area contributed by atoms with Crippen molar-refractivity contribution in [2.45, 2.75) is 65.0 Å². The Kier molecular flexibility index (Phi) is 6.65. The molecule has 0 bridgehead atoms. The summed E-state index contributed by atoms with van der Waals surface area (Å²) in [6, 6.07) is 11.0. The van der Waals surface area contributed by atoms with Gasteiger partial charge in [0.25, 0.3) is 5.91 Å². The Labute approximate surface area is 205 Å². The van der Waals surface area contributed by atoms with Gasteiger partial charge in [-0.3, -0.25) is 9.59 Å². The number of ether oxygens (including phenoxy) is 2. The summed E-state index contributed by atoms with van der Waals surface area (Å²) in [6.07, 6.45) is 5.15. The topological polar surface area (TPSA) is 69.0 Å². The molecule has 0 saturated carbocycles. The first kappa shape index (κ1) is 23.6. The van der Waals surface area contributed by atoms with E-state index in [-0.39, 0.29) is 23.2 Å². The van der Waals surface area contributed by atoms with E-state index in [4.69, 9.17) is 13.9 Å². The van der Waals surface area contributed by atoms with Crippen LogP contribution in [0.4, 0.5) is 0 Å². The van der Waals surface area contributed by atoms with Crippen LogP contribution in [0.5, 0.6) is 5.75 Å². The zero-order valence-electron chi connectivity index (χ0n) is 20.8. The third-order valence-corrected chi connectivity index (χ3v) is 7.05. The molecule has 3 aromatic rings. The van der Waals surface area contributed by atoms with Crippen molar-refractivity contribution >= 4 is 16.9 Å². The Morgan fingerprint density at radius 1 is 1.09 bits per heavy atom. The lowest BCUT2D eigenvalue weighted by atomic mass is 9.96. The second kappa shape index (κ2) is 9.86. The summed E-state index contributed by atoms with van der Waals surface area (Å²) in [6.45, 7) is 7.85. The first-order valence-electron chi connectivity index (χ1n) is 12.7. The number of carbonyl (C=O) groups is 1. The zero-order valence-corrected chi connectivity index (χ0v) is 20.8. The lowest BCUT2D eigenvalue weighted by Crippen LogP contribution is -2.36. The number of fused-ring (bicyclic) bond motifs is 2. The average Bonchev–Trinajstić information content (AvgIpc) is 3.44. The molecule has 1 amide bonds. The minimum Gasteiger partial charge on any atom is -0.494 e. The quantitative estimate of drug-likeness (QED) is 0.391. The van der Waals surface area contributed by atoms with Crippen LogP contribution >= 0.6 is 0 Å². The van der Waals surface area contributed by atoms with E-state index >= 15 is 0 Å². The number of aryl methyl sites for hydroxylation is 2. The van der Waals surface area contributed by atoms with Crippen LogP contribution in [0.3, 0.4) is 0 Å². The maximum Gasteiger partial charge on any atom is 0.291 e. The van der Waals surface area contributed by atoms with Gasteiger partial charge in [0.15, 0.2) is 5.43 Å². The normalized spacial score (nSPS) is 19.5. The SMILES string of the molecule is CCCCCOc1ccc(C2c3c(oc4cc(C)cc(C)c4c3=O)C(=O)N2CC2CCCO2)cc1. The Morgan fingerprint density at radius 2 is 1.89 bits per heavy atom. The van der Waals surface area contributed by atoms with Crippen molar-refractivity contribution in [3.05, 3.63) is 74.6 Å². The fourth-order valence-electron chi connectivity index (χ4n) is 5.34. The van der Waals surface area contributed by atoms with Crippen LogP contribution in [-0.4, -0.2) is 36.7 Å². The first-order valence-corrected chi connectivity index (χ1v) is 12.7. The van der Waals surface area contributed by atoms with Crippen LogP contribution in [0, 0.1) is 13.8 Å². The molecule has 5 rings (SSSR count). The number of rotatable bonds is 8. The molecule has 1 fully saturated rings. The van der Waals surface area contributed by atoms with Crippen LogP contribution in [-0.2, 0) is 4.74 Å². The van der Waals surface area contributed by atoms with Gasteiger partial charge in [0, 0.05) is 13.2 Å². The molecule has 2 aromatic carbocycles. The molecule has 0 aliphatic carbocycles. The van der Waals surface area contributed by atoms with E-state index in [1.165, 1.54) is 0 Å². The van der Waals surface area contributed by atoms with E-state index < -0.39 is 6.04 Å². The van der Waals surface area contributed by atoms with Crippen molar-refractivity contribution in [2.75, 3.05) is 19.8 Å². The molecule has 1 saturated heterocycles. The summed E-state index contributed by atoms with van der Waals surface area (Å²) < 4.78 is 17.9. The number of hydrogen-bond donors (Lipinski definition) is 0. The second-order valence-corrected chi connectivity index (χ2v) is 9.75. The molecule has 0 N–H and O–H groups in total. The molecule has 6 nitrogen and oxygen atoms in total. The average molecular weight is 476 g/mol. The van der Waals surface area contributed by atoms with Gasteiger partial charge in [0.2, 0.25) is 5.76 Å². The number of unbranched alkanes of at least 4 members (excludes halogenated alkanes) is 2. The van der Waals surface area contributed by atoms with Gasteiger partial charge in [0.1, 0.15) is 11.3 Å². The predicted octanol–water partition coefficient (Wildman–Crippen LogP) is 5.70. The molecular weight excluding hydrogens is 442 g/mol. The maximum atomic E-state index is 13.8. The van der Waals surface area contributed by atoms with Crippen molar-refractivity contribution in [2.24, 2.45) is 0 Å². The molecule has 2 unspecified atom stereocenters.